The zero-order valence-electron chi connectivity index (χ0n) is 11.0. The van der Waals surface area contributed by atoms with Crippen LogP contribution in [0.1, 0.15) is 30.7 Å². The highest BCUT2D eigenvalue weighted by molar-refractivity contribution is 5.86. The summed E-state index contributed by atoms with van der Waals surface area (Å²) in [5, 5.41) is 12.7. The van der Waals surface area contributed by atoms with Crippen molar-refractivity contribution in [2.24, 2.45) is 0 Å². The predicted octanol–water partition coefficient (Wildman–Crippen LogP) is 1.57. The minimum absolute atomic E-state index is 0.0227. The van der Waals surface area contributed by atoms with E-state index in [4.69, 9.17) is 0 Å². The molecular weight excluding hydrogens is 240 g/mol. The lowest BCUT2D eigenvalue weighted by molar-refractivity contribution is -0.134. The zero-order valence-corrected chi connectivity index (χ0v) is 11.0. The summed E-state index contributed by atoms with van der Waals surface area (Å²) in [6.45, 7) is 1.71. The van der Waals surface area contributed by atoms with Crippen molar-refractivity contribution in [2.45, 2.75) is 31.2 Å². The standard InChI is InChI=1S/C15H20N2O2/c18-10-11-4-3-9-17(11)15(19)13-7-8-16-14-6-2-1-5-12(13)14/h1-2,5-6,11,13,16,18H,3-4,7-10H2/t11-,13?/m0/s1. The molecule has 4 heteroatoms. The number of rotatable bonds is 2. The number of amides is 1. The van der Waals surface area contributed by atoms with Crippen LogP contribution in [-0.2, 0) is 4.79 Å². The fraction of sp³-hybridized carbons (Fsp3) is 0.533. The second-order valence-electron chi connectivity index (χ2n) is 5.37. The first-order chi connectivity index (χ1) is 9.31. The predicted molar refractivity (Wildman–Crippen MR) is 74.1 cm³/mol. The summed E-state index contributed by atoms with van der Waals surface area (Å²) in [6.07, 6.45) is 2.77. The van der Waals surface area contributed by atoms with Crippen molar-refractivity contribution in [3.05, 3.63) is 29.8 Å². The summed E-state index contributed by atoms with van der Waals surface area (Å²) in [5.74, 6) is 0.134. The molecule has 1 unspecified atom stereocenters. The lowest BCUT2D eigenvalue weighted by Crippen LogP contribution is -2.41. The van der Waals surface area contributed by atoms with E-state index in [2.05, 4.69) is 5.32 Å². The molecule has 102 valence electrons. The molecule has 1 amide bonds. The average molecular weight is 260 g/mol. The molecule has 3 rings (SSSR count). The Morgan fingerprint density at radius 3 is 3.05 bits per heavy atom. The second-order valence-corrected chi connectivity index (χ2v) is 5.37. The molecule has 1 saturated heterocycles. The molecule has 0 spiro atoms. The van der Waals surface area contributed by atoms with Crippen molar-refractivity contribution in [2.75, 3.05) is 25.0 Å². The van der Waals surface area contributed by atoms with Crippen LogP contribution in [0.4, 0.5) is 5.69 Å². The Hall–Kier alpha value is -1.55. The Labute approximate surface area is 113 Å². The first-order valence-corrected chi connectivity index (χ1v) is 7.05. The van der Waals surface area contributed by atoms with Gasteiger partial charge in [-0.2, -0.15) is 0 Å². The van der Waals surface area contributed by atoms with Crippen LogP contribution in [-0.4, -0.2) is 41.7 Å². The third kappa shape index (κ3) is 2.21. The Morgan fingerprint density at radius 2 is 2.21 bits per heavy atom. The molecule has 2 aliphatic rings. The lowest BCUT2D eigenvalue weighted by atomic mass is 9.89. The summed E-state index contributed by atoms with van der Waals surface area (Å²) in [6, 6.07) is 8.07. The van der Waals surface area contributed by atoms with Gasteiger partial charge in [0.05, 0.1) is 18.6 Å². The van der Waals surface area contributed by atoms with Gasteiger partial charge in [-0.1, -0.05) is 18.2 Å². The number of aliphatic hydroxyl groups excluding tert-OH is 1. The molecule has 2 atom stereocenters. The van der Waals surface area contributed by atoms with Gasteiger partial charge in [0.15, 0.2) is 0 Å². The Morgan fingerprint density at radius 1 is 1.37 bits per heavy atom. The molecule has 19 heavy (non-hydrogen) atoms. The van der Waals surface area contributed by atoms with Crippen LogP contribution in [0.25, 0.3) is 0 Å². The number of likely N-dealkylation sites (tertiary alicyclic amines) is 1. The molecule has 2 aliphatic heterocycles. The summed E-state index contributed by atoms with van der Waals surface area (Å²) in [7, 11) is 0. The van der Waals surface area contributed by atoms with Crippen molar-refractivity contribution in [3.8, 4) is 0 Å². The number of fused-ring (bicyclic) bond motifs is 1. The maximum absolute atomic E-state index is 12.7. The van der Waals surface area contributed by atoms with Gasteiger partial charge in [-0.3, -0.25) is 4.79 Å². The quantitative estimate of drug-likeness (QED) is 0.848. The number of carbonyl (C=O) groups is 1. The van der Waals surface area contributed by atoms with Gasteiger partial charge in [-0.25, -0.2) is 0 Å². The van der Waals surface area contributed by atoms with Gasteiger partial charge >= 0.3 is 0 Å². The van der Waals surface area contributed by atoms with Gasteiger partial charge in [0, 0.05) is 18.8 Å². The van der Waals surface area contributed by atoms with Crippen molar-refractivity contribution in [1.82, 2.24) is 4.90 Å². The van der Waals surface area contributed by atoms with Gasteiger partial charge < -0.3 is 15.3 Å². The molecule has 0 bridgehead atoms. The molecule has 0 aliphatic carbocycles. The summed E-state index contributed by atoms with van der Waals surface area (Å²) >= 11 is 0. The first-order valence-electron chi connectivity index (χ1n) is 7.05. The summed E-state index contributed by atoms with van der Waals surface area (Å²) < 4.78 is 0. The van der Waals surface area contributed by atoms with E-state index in [1.54, 1.807) is 0 Å². The van der Waals surface area contributed by atoms with Crippen LogP contribution >= 0.6 is 0 Å². The highest BCUT2D eigenvalue weighted by Gasteiger charge is 2.35. The van der Waals surface area contributed by atoms with Gasteiger partial charge in [-0.05, 0) is 30.9 Å². The van der Waals surface area contributed by atoms with Crippen molar-refractivity contribution in [3.63, 3.8) is 0 Å². The molecule has 1 aromatic carbocycles. The fourth-order valence-electron chi connectivity index (χ4n) is 3.24. The average Bonchev–Trinajstić information content (AvgIpc) is 2.94. The third-order valence-electron chi connectivity index (χ3n) is 4.25. The maximum Gasteiger partial charge on any atom is 0.230 e. The fourth-order valence-corrected chi connectivity index (χ4v) is 3.24. The molecule has 2 N–H and O–H groups in total. The van der Waals surface area contributed by atoms with E-state index in [1.807, 2.05) is 29.2 Å². The molecule has 1 aromatic rings. The first kappa shape index (κ1) is 12.5. The normalized spacial score (nSPS) is 25.8. The van der Waals surface area contributed by atoms with E-state index in [0.717, 1.165) is 43.6 Å². The van der Waals surface area contributed by atoms with Crippen LogP contribution in [0, 0.1) is 0 Å². The zero-order chi connectivity index (χ0) is 13.2. The van der Waals surface area contributed by atoms with Crippen molar-refractivity contribution < 1.29 is 9.90 Å². The molecule has 1 fully saturated rings. The highest BCUT2D eigenvalue weighted by atomic mass is 16.3. The number of hydrogen-bond acceptors (Lipinski definition) is 3. The van der Waals surface area contributed by atoms with E-state index in [9.17, 15) is 9.90 Å². The molecule has 0 saturated carbocycles. The number of nitrogens with zero attached hydrogens (tertiary/aromatic N) is 1. The van der Waals surface area contributed by atoms with E-state index in [1.165, 1.54) is 0 Å². The lowest BCUT2D eigenvalue weighted by Gasteiger charge is -2.31. The number of hydrogen-bond donors (Lipinski definition) is 2. The number of anilines is 1. The van der Waals surface area contributed by atoms with E-state index < -0.39 is 0 Å². The number of nitrogens with one attached hydrogen (secondary N) is 1. The van der Waals surface area contributed by atoms with E-state index in [0.29, 0.717) is 0 Å². The Kier molecular flexibility index (Phi) is 3.42. The van der Waals surface area contributed by atoms with Crippen LogP contribution in [0.5, 0.6) is 0 Å². The minimum atomic E-state index is -0.0513. The largest absolute Gasteiger partial charge is 0.394 e. The Bertz CT molecular complexity index is 475. The monoisotopic (exact) mass is 260 g/mol. The number of benzene rings is 1. The van der Waals surface area contributed by atoms with Crippen molar-refractivity contribution >= 4 is 11.6 Å². The van der Waals surface area contributed by atoms with Crippen LogP contribution in [0.15, 0.2) is 24.3 Å². The van der Waals surface area contributed by atoms with Crippen LogP contribution in [0.3, 0.4) is 0 Å². The van der Waals surface area contributed by atoms with E-state index in [-0.39, 0.29) is 24.5 Å². The van der Waals surface area contributed by atoms with Crippen LogP contribution < -0.4 is 5.32 Å². The van der Waals surface area contributed by atoms with Crippen molar-refractivity contribution in [1.29, 1.82) is 0 Å². The number of carbonyl (C=O) groups excluding carboxylic acids is 1. The smallest absolute Gasteiger partial charge is 0.230 e. The maximum atomic E-state index is 12.7. The van der Waals surface area contributed by atoms with Crippen LogP contribution in [0.2, 0.25) is 0 Å². The molecule has 0 radical (unpaired) electrons. The molecule has 4 nitrogen and oxygen atoms in total. The SMILES string of the molecule is O=C(C1CCNc2ccccc21)N1CCC[C@H]1CO. The topological polar surface area (TPSA) is 52.6 Å². The number of para-hydroxylation sites is 1. The Balaban J connectivity index is 1.85. The summed E-state index contributed by atoms with van der Waals surface area (Å²) in [4.78, 5) is 14.6. The minimum Gasteiger partial charge on any atom is -0.394 e. The molecular formula is C15H20N2O2. The van der Waals surface area contributed by atoms with Gasteiger partial charge in [0.25, 0.3) is 0 Å². The summed E-state index contributed by atoms with van der Waals surface area (Å²) in [5.41, 5.74) is 2.18. The van der Waals surface area contributed by atoms with Gasteiger partial charge in [0.1, 0.15) is 0 Å². The van der Waals surface area contributed by atoms with Gasteiger partial charge in [0.2, 0.25) is 5.91 Å². The molecule has 2 heterocycles. The number of aliphatic hydroxyl groups is 1. The third-order valence-corrected chi connectivity index (χ3v) is 4.25. The van der Waals surface area contributed by atoms with Gasteiger partial charge in [-0.15, -0.1) is 0 Å². The highest BCUT2D eigenvalue weighted by Crippen LogP contribution is 2.34. The molecule has 0 aromatic heterocycles. The van der Waals surface area contributed by atoms with E-state index >= 15 is 0 Å². The second kappa shape index (κ2) is 5.21.